The predicted octanol–water partition coefficient (Wildman–Crippen LogP) is 1.52. The highest BCUT2D eigenvalue weighted by atomic mass is 16.5. The minimum absolute atomic E-state index is 0.335. The second-order valence-corrected chi connectivity index (χ2v) is 5.33. The standard InChI is InChI=1S/C17H16O3/c18-15-9-12-4-2-7-20-17(12)13-5-1-3-11-6-8-19-10-14(11)16(13)15/h2-4,7,9,18H,1,5-6,8,10H2. The highest BCUT2D eigenvalue weighted by Crippen LogP contribution is 2.28. The first kappa shape index (κ1) is 11.8. The first-order chi connectivity index (χ1) is 9.84. The summed E-state index contributed by atoms with van der Waals surface area (Å²) in [5, 5.41) is 12.3. The zero-order valence-electron chi connectivity index (χ0n) is 11.2. The van der Waals surface area contributed by atoms with Crippen LogP contribution in [0.1, 0.15) is 18.4 Å². The second-order valence-electron chi connectivity index (χ2n) is 5.33. The second kappa shape index (κ2) is 4.53. The van der Waals surface area contributed by atoms with E-state index >= 15 is 0 Å². The number of hydrogen-bond donors (Lipinski definition) is 1. The summed E-state index contributed by atoms with van der Waals surface area (Å²) < 4.78 is 11.3. The zero-order valence-corrected chi connectivity index (χ0v) is 11.2. The predicted molar refractivity (Wildman–Crippen MR) is 76.8 cm³/mol. The van der Waals surface area contributed by atoms with Gasteiger partial charge in [0.2, 0.25) is 0 Å². The van der Waals surface area contributed by atoms with Crippen molar-refractivity contribution in [2.75, 3.05) is 13.2 Å². The Hall–Kier alpha value is -2.00. The van der Waals surface area contributed by atoms with Crippen LogP contribution in [-0.4, -0.2) is 18.3 Å². The minimum Gasteiger partial charge on any atom is -0.507 e. The monoisotopic (exact) mass is 268 g/mol. The van der Waals surface area contributed by atoms with Gasteiger partial charge < -0.3 is 14.6 Å². The zero-order chi connectivity index (χ0) is 13.5. The van der Waals surface area contributed by atoms with E-state index < -0.39 is 0 Å². The Kier molecular flexibility index (Phi) is 2.67. The van der Waals surface area contributed by atoms with Crippen LogP contribution in [0, 0.1) is 0 Å². The summed E-state index contributed by atoms with van der Waals surface area (Å²) in [6.07, 6.45) is 10.6. The summed E-state index contributed by atoms with van der Waals surface area (Å²) in [4.78, 5) is 0. The normalized spacial score (nSPS) is 19.8. The summed E-state index contributed by atoms with van der Waals surface area (Å²) >= 11 is 0. The molecule has 0 atom stereocenters. The van der Waals surface area contributed by atoms with Crippen LogP contribution in [0.25, 0.3) is 11.6 Å². The van der Waals surface area contributed by atoms with Crippen LogP contribution in [-0.2, 0) is 11.2 Å². The molecule has 0 radical (unpaired) electrons. The van der Waals surface area contributed by atoms with Crippen molar-refractivity contribution in [2.45, 2.75) is 19.3 Å². The lowest BCUT2D eigenvalue weighted by atomic mass is 9.96. The SMILES string of the molecule is Oc1cc2c(c3c1=C1COCCC1=CCC3)OC=CC=2. The molecule has 3 aliphatic rings. The molecule has 1 saturated heterocycles. The van der Waals surface area contributed by atoms with E-state index in [2.05, 4.69) is 6.08 Å². The molecule has 1 fully saturated rings. The van der Waals surface area contributed by atoms with E-state index in [4.69, 9.17) is 9.47 Å². The molecule has 1 aromatic rings. The molecule has 4 rings (SSSR count). The van der Waals surface area contributed by atoms with Gasteiger partial charge in [-0.15, -0.1) is 0 Å². The average Bonchev–Trinajstić information content (AvgIpc) is 2.67. The first-order valence-corrected chi connectivity index (χ1v) is 7.03. The van der Waals surface area contributed by atoms with Gasteiger partial charge in [0.1, 0.15) is 11.5 Å². The van der Waals surface area contributed by atoms with Crippen molar-refractivity contribution in [1.29, 1.82) is 0 Å². The van der Waals surface area contributed by atoms with E-state index in [1.807, 2.05) is 12.2 Å². The number of aromatic hydroxyl groups is 1. The van der Waals surface area contributed by atoms with E-state index in [0.717, 1.165) is 53.2 Å². The van der Waals surface area contributed by atoms with Gasteiger partial charge in [0.05, 0.1) is 19.5 Å². The van der Waals surface area contributed by atoms with Crippen LogP contribution in [0.3, 0.4) is 0 Å². The molecule has 102 valence electrons. The molecule has 3 nitrogen and oxygen atoms in total. The number of hydrogen-bond acceptors (Lipinski definition) is 3. The molecule has 0 spiro atoms. The number of ether oxygens (including phenoxy) is 2. The van der Waals surface area contributed by atoms with Crippen molar-refractivity contribution < 1.29 is 14.6 Å². The summed E-state index contributed by atoms with van der Waals surface area (Å²) in [6, 6.07) is 1.79. The fourth-order valence-corrected chi connectivity index (χ4v) is 3.26. The van der Waals surface area contributed by atoms with Crippen LogP contribution >= 0.6 is 0 Å². The van der Waals surface area contributed by atoms with Gasteiger partial charge in [0, 0.05) is 16.0 Å². The average molecular weight is 268 g/mol. The van der Waals surface area contributed by atoms with Crippen molar-refractivity contribution in [3.05, 3.63) is 46.1 Å². The van der Waals surface area contributed by atoms with Gasteiger partial charge >= 0.3 is 0 Å². The Morgan fingerprint density at radius 1 is 1.20 bits per heavy atom. The van der Waals surface area contributed by atoms with Crippen LogP contribution < -0.4 is 15.2 Å². The molecule has 20 heavy (non-hydrogen) atoms. The van der Waals surface area contributed by atoms with E-state index in [-0.39, 0.29) is 0 Å². The minimum atomic E-state index is 0.335. The molecule has 0 bridgehead atoms. The van der Waals surface area contributed by atoms with Crippen molar-refractivity contribution in [1.82, 2.24) is 0 Å². The molecular formula is C17H16O3. The Morgan fingerprint density at radius 3 is 3.10 bits per heavy atom. The fraction of sp³-hybridized carbons (Fsp3) is 0.294. The van der Waals surface area contributed by atoms with Crippen molar-refractivity contribution in [3.8, 4) is 11.5 Å². The van der Waals surface area contributed by atoms with Gasteiger partial charge in [-0.25, -0.2) is 0 Å². The Bertz CT molecular complexity index is 753. The van der Waals surface area contributed by atoms with E-state index in [9.17, 15) is 5.11 Å². The van der Waals surface area contributed by atoms with Crippen molar-refractivity contribution in [2.24, 2.45) is 0 Å². The Labute approximate surface area is 117 Å². The van der Waals surface area contributed by atoms with Crippen molar-refractivity contribution >= 4 is 11.6 Å². The maximum atomic E-state index is 10.5. The van der Waals surface area contributed by atoms with E-state index in [0.29, 0.717) is 12.4 Å². The third-order valence-electron chi connectivity index (χ3n) is 4.16. The molecule has 0 unspecified atom stereocenters. The maximum Gasteiger partial charge on any atom is 0.137 e. The largest absolute Gasteiger partial charge is 0.507 e. The van der Waals surface area contributed by atoms with Gasteiger partial charge in [0.25, 0.3) is 0 Å². The Morgan fingerprint density at radius 2 is 2.15 bits per heavy atom. The first-order valence-electron chi connectivity index (χ1n) is 7.03. The number of allylic oxidation sites excluding steroid dienone is 2. The molecule has 0 saturated carbocycles. The van der Waals surface area contributed by atoms with Crippen LogP contribution in [0.15, 0.2) is 30.1 Å². The summed E-state index contributed by atoms with van der Waals surface area (Å²) in [5.74, 6) is 1.22. The van der Waals surface area contributed by atoms with Crippen LogP contribution in [0.5, 0.6) is 11.5 Å². The molecule has 0 aromatic heterocycles. The van der Waals surface area contributed by atoms with Crippen LogP contribution in [0.2, 0.25) is 0 Å². The third-order valence-corrected chi connectivity index (χ3v) is 4.16. The lowest BCUT2D eigenvalue weighted by Crippen LogP contribution is -2.25. The highest BCUT2D eigenvalue weighted by Gasteiger charge is 2.21. The molecule has 2 aliphatic heterocycles. The summed E-state index contributed by atoms with van der Waals surface area (Å²) in [6.45, 7) is 1.34. The van der Waals surface area contributed by atoms with Gasteiger partial charge in [-0.1, -0.05) is 6.08 Å². The summed E-state index contributed by atoms with van der Waals surface area (Å²) in [5.41, 5.74) is 3.55. The number of rotatable bonds is 0. The van der Waals surface area contributed by atoms with Gasteiger partial charge in [-0.3, -0.25) is 0 Å². The smallest absolute Gasteiger partial charge is 0.137 e. The maximum absolute atomic E-state index is 10.5. The molecule has 3 heteroatoms. The molecule has 2 heterocycles. The van der Waals surface area contributed by atoms with E-state index in [1.54, 1.807) is 12.3 Å². The highest BCUT2D eigenvalue weighted by molar-refractivity contribution is 5.71. The number of phenols is 1. The topological polar surface area (TPSA) is 38.7 Å². The quantitative estimate of drug-likeness (QED) is 0.775. The number of benzene rings is 1. The molecule has 1 N–H and O–H groups in total. The van der Waals surface area contributed by atoms with E-state index in [1.165, 1.54) is 5.57 Å². The lowest BCUT2D eigenvalue weighted by molar-refractivity contribution is 0.158. The van der Waals surface area contributed by atoms with Gasteiger partial charge in [-0.05, 0) is 48.6 Å². The Balaban J connectivity index is 2.10. The third kappa shape index (κ3) is 1.70. The molecule has 1 aromatic carbocycles. The molecule has 0 amide bonds. The van der Waals surface area contributed by atoms with Crippen molar-refractivity contribution in [3.63, 3.8) is 0 Å². The lowest BCUT2D eigenvalue weighted by Gasteiger charge is -2.20. The summed E-state index contributed by atoms with van der Waals surface area (Å²) in [7, 11) is 0. The van der Waals surface area contributed by atoms with Crippen LogP contribution in [0.4, 0.5) is 0 Å². The number of fused-ring (bicyclic) bond motifs is 4. The van der Waals surface area contributed by atoms with Gasteiger partial charge in [0.15, 0.2) is 0 Å². The molecular weight excluding hydrogens is 252 g/mol. The fourth-order valence-electron chi connectivity index (χ4n) is 3.26. The molecule has 1 aliphatic carbocycles. The number of phenolic OH excluding ortho intramolecular Hbond substituents is 1. The van der Waals surface area contributed by atoms with Gasteiger partial charge in [-0.2, -0.15) is 0 Å².